The van der Waals surface area contributed by atoms with Gasteiger partial charge in [0, 0.05) is 6.20 Å². The molecule has 1 aliphatic rings. The highest BCUT2D eigenvalue weighted by atomic mass is 31.2. The Labute approximate surface area is 226 Å². The van der Waals surface area contributed by atoms with Gasteiger partial charge in [0.25, 0.3) is 6.43 Å². The fraction of sp³-hybridized carbons (Fsp3) is 0.333. The zero-order valence-electron chi connectivity index (χ0n) is 21.1. The zero-order chi connectivity index (χ0) is 29.1. The van der Waals surface area contributed by atoms with Crippen LogP contribution >= 0.6 is 7.82 Å². The number of methoxy groups -OCH3 is 2. The van der Waals surface area contributed by atoms with E-state index in [2.05, 4.69) is 4.98 Å². The minimum Gasteiger partial charge on any atom is -0.497 e. The maximum absolute atomic E-state index is 14.5. The van der Waals surface area contributed by atoms with Gasteiger partial charge in [-0.2, -0.15) is 4.98 Å². The lowest BCUT2D eigenvalue weighted by Gasteiger charge is -2.31. The molecule has 0 amide bonds. The second-order valence-electron chi connectivity index (χ2n) is 8.50. The Hall–Kier alpha value is -3.75. The number of hydrogen-bond donors (Lipinski definition) is 3. The number of nitrogens with two attached hydrogens (primary N) is 1. The standard InChI is InChI=1S/C24H26F2N3O10P/c1-34-14-3-7-16(8-4-14)38-40(33,39-17-9-5-15(35-2)6-10-17)36-13-24(22(25)26)20(31)19(30)21(37-24)29-12-11-18(27)28-23(29)32/h3-12,19-22,30-31H,13H2,1-2H3,(H2,27,28,32). The average molecular weight is 585 g/mol. The zero-order valence-corrected chi connectivity index (χ0v) is 22.0. The van der Waals surface area contributed by atoms with Crippen molar-refractivity contribution in [1.82, 2.24) is 9.55 Å². The second kappa shape index (κ2) is 11.8. The molecule has 1 aromatic heterocycles. The van der Waals surface area contributed by atoms with Crippen molar-refractivity contribution in [3.8, 4) is 23.0 Å². The van der Waals surface area contributed by atoms with Gasteiger partial charge in [-0.05, 0) is 54.6 Å². The molecule has 3 aromatic rings. The molecule has 13 nitrogen and oxygen atoms in total. The number of aliphatic hydroxyl groups is 2. The number of benzene rings is 2. The molecule has 0 spiro atoms. The van der Waals surface area contributed by atoms with E-state index < -0.39 is 50.6 Å². The molecule has 4 rings (SSSR count). The predicted molar refractivity (Wildman–Crippen MR) is 135 cm³/mol. The van der Waals surface area contributed by atoms with E-state index in [-0.39, 0.29) is 17.3 Å². The average Bonchev–Trinajstić information content (AvgIpc) is 3.19. The normalized spacial score (nSPS) is 22.7. The first-order valence-corrected chi connectivity index (χ1v) is 13.0. The summed E-state index contributed by atoms with van der Waals surface area (Å²) in [4.78, 5) is 15.7. The first-order chi connectivity index (χ1) is 19.0. The van der Waals surface area contributed by atoms with Gasteiger partial charge in [0.1, 0.15) is 41.0 Å². The Morgan fingerprint density at radius 2 is 1.50 bits per heavy atom. The quantitative estimate of drug-likeness (QED) is 0.281. The molecular weight excluding hydrogens is 559 g/mol. The van der Waals surface area contributed by atoms with Crippen LogP contribution in [0, 0.1) is 0 Å². The van der Waals surface area contributed by atoms with E-state index in [4.69, 9.17) is 33.5 Å². The van der Waals surface area contributed by atoms with Crippen LogP contribution in [0.4, 0.5) is 14.6 Å². The van der Waals surface area contributed by atoms with Crippen molar-refractivity contribution in [1.29, 1.82) is 0 Å². The molecule has 1 fully saturated rings. The monoisotopic (exact) mass is 585 g/mol. The SMILES string of the molecule is COc1ccc(OP(=O)(OCC2(C(F)F)OC(n3ccc(N)nc3=O)C(O)C2O)Oc2ccc(OC)cc2)cc1. The van der Waals surface area contributed by atoms with Crippen LogP contribution in [0.25, 0.3) is 0 Å². The molecule has 0 saturated carbocycles. The number of anilines is 1. The maximum Gasteiger partial charge on any atom is 0.587 e. The fourth-order valence-electron chi connectivity index (χ4n) is 3.80. The van der Waals surface area contributed by atoms with E-state index in [1.54, 1.807) is 0 Å². The van der Waals surface area contributed by atoms with Crippen molar-refractivity contribution in [2.75, 3.05) is 26.6 Å². The molecule has 216 valence electrons. The topological polar surface area (TPSA) is 174 Å². The number of nitrogen functional groups attached to an aromatic ring is 1. The van der Waals surface area contributed by atoms with Crippen LogP contribution in [-0.4, -0.2) is 64.8 Å². The van der Waals surface area contributed by atoms with E-state index in [1.165, 1.54) is 68.8 Å². The number of phosphoric acid groups is 1. The van der Waals surface area contributed by atoms with Gasteiger partial charge >= 0.3 is 13.5 Å². The molecule has 4 atom stereocenters. The van der Waals surface area contributed by atoms with Crippen LogP contribution in [0.2, 0.25) is 0 Å². The van der Waals surface area contributed by atoms with Crippen molar-refractivity contribution in [2.45, 2.75) is 30.5 Å². The van der Waals surface area contributed by atoms with E-state index in [1.807, 2.05) is 0 Å². The van der Waals surface area contributed by atoms with Crippen LogP contribution in [-0.2, 0) is 13.8 Å². The minimum absolute atomic E-state index is 0.0333. The summed E-state index contributed by atoms with van der Waals surface area (Å²) in [5.74, 6) is 0.671. The number of ether oxygens (including phenoxy) is 3. The van der Waals surface area contributed by atoms with Crippen molar-refractivity contribution in [3.05, 3.63) is 71.3 Å². The molecule has 16 heteroatoms. The molecule has 0 bridgehead atoms. The van der Waals surface area contributed by atoms with Gasteiger partial charge in [-0.3, -0.25) is 9.09 Å². The first kappa shape index (κ1) is 29.2. The Morgan fingerprint density at radius 1 is 1.00 bits per heavy atom. The van der Waals surface area contributed by atoms with E-state index in [9.17, 15) is 28.4 Å². The number of nitrogens with zero attached hydrogens (tertiary/aromatic N) is 2. The van der Waals surface area contributed by atoms with Crippen molar-refractivity contribution in [2.24, 2.45) is 0 Å². The lowest BCUT2D eigenvalue weighted by molar-refractivity contribution is -0.193. The first-order valence-electron chi connectivity index (χ1n) is 11.6. The summed E-state index contributed by atoms with van der Waals surface area (Å²) in [5, 5.41) is 21.2. The predicted octanol–water partition coefficient (Wildman–Crippen LogP) is 2.38. The number of alkyl halides is 2. The Kier molecular flexibility index (Phi) is 8.61. The molecule has 1 saturated heterocycles. The smallest absolute Gasteiger partial charge is 0.497 e. The van der Waals surface area contributed by atoms with Gasteiger partial charge in [-0.15, -0.1) is 0 Å². The highest BCUT2D eigenvalue weighted by Gasteiger charge is 2.62. The number of halogens is 2. The molecular formula is C24H26F2N3O10P. The Bertz CT molecular complexity index is 1360. The minimum atomic E-state index is -4.78. The third-order valence-corrected chi connectivity index (χ3v) is 7.27. The number of rotatable bonds is 11. The summed E-state index contributed by atoms with van der Waals surface area (Å²) in [7, 11) is -1.92. The van der Waals surface area contributed by atoms with Crippen molar-refractivity contribution < 1.29 is 51.3 Å². The van der Waals surface area contributed by atoms with Gasteiger partial charge < -0.3 is 39.2 Å². The van der Waals surface area contributed by atoms with Gasteiger partial charge in [0.2, 0.25) is 0 Å². The lowest BCUT2D eigenvalue weighted by Crippen LogP contribution is -2.52. The maximum atomic E-state index is 14.5. The summed E-state index contributed by atoms with van der Waals surface area (Å²) in [6.07, 6.45) is -8.60. The molecule has 1 aliphatic heterocycles. The second-order valence-corrected chi connectivity index (χ2v) is 10.0. The largest absolute Gasteiger partial charge is 0.587 e. The van der Waals surface area contributed by atoms with E-state index in [0.29, 0.717) is 16.1 Å². The molecule has 4 unspecified atom stereocenters. The van der Waals surface area contributed by atoms with Crippen LogP contribution in [0.3, 0.4) is 0 Å². The third kappa shape index (κ3) is 6.03. The highest BCUT2D eigenvalue weighted by Crippen LogP contribution is 2.52. The Morgan fingerprint density at radius 3 is 1.95 bits per heavy atom. The summed E-state index contributed by atoms with van der Waals surface area (Å²) < 4.78 is 75.1. The molecule has 0 radical (unpaired) electrons. The van der Waals surface area contributed by atoms with Crippen LogP contribution in [0.15, 0.2) is 65.6 Å². The lowest BCUT2D eigenvalue weighted by atomic mass is 9.96. The van der Waals surface area contributed by atoms with Crippen LogP contribution < -0.4 is 29.9 Å². The van der Waals surface area contributed by atoms with Crippen molar-refractivity contribution in [3.63, 3.8) is 0 Å². The molecule has 2 aromatic carbocycles. The van der Waals surface area contributed by atoms with Crippen LogP contribution in [0.5, 0.6) is 23.0 Å². The van der Waals surface area contributed by atoms with E-state index >= 15 is 0 Å². The highest BCUT2D eigenvalue weighted by molar-refractivity contribution is 7.49. The Balaban J connectivity index is 1.64. The van der Waals surface area contributed by atoms with Gasteiger partial charge in [0.15, 0.2) is 11.8 Å². The number of hydrogen-bond acceptors (Lipinski definition) is 12. The summed E-state index contributed by atoms with van der Waals surface area (Å²) in [5.41, 5.74) is 1.46. The molecule has 4 N–H and O–H groups in total. The number of phosphoric ester groups is 1. The third-order valence-electron chi connectivity index (χ3n) is 5.95. The molecule has 2 heterocycles. The van der Waals surface area contributed by atoms with Crippen LogP contribution in [0.1, 0.15) is 6.23 Å². The van der Waals surface area contributed by atoms with Gasteiger partial charge in [0.05, 0.1) is 20.8 Å². The van der Waals surface area contributed by atoms with Crippen molar-refractivity contribution >= 4 is 13.6 Å². The summed E-state index contributed by atoms with van der Waals surface area (Å²) in [6, 6.07) is 12.6. The molecule has 0 aliphatic carbocycles. The fourth-order valence-corrected chi connectivity index (χ4v) is 5.06. The summed E-state index contributed by atoms with van der Waals surface area (Å²) in [6.45, 7) is -1.29. The number of aliphatic hydroxyl groups excluding tert-OH is 2. The van der Waals surface area contributed by atoms with Gasteiger partial charge in [-0.25, -0.2) is 18.1 Å². The number of aromatic nitrogens is 2. The van der Waals surface area contributed by atoms with Gasteiger partial charge in [-0.1, -0.05) is 0 Å². The van der Waals surface area contributed by atoms with E-state index in [0.717, 1.165) is 6.20 Å². The summed E-state index contributed by atoms with van der Waals surface area (Å²) >= 11 is 0. The molecule has 40 heavy (non-hydrogen) atoms.